The number of aromatic hydroxyl groups is 1. The summed E-state index contributed by atoms with van der Waals surface area (Å²) in [7, 11) is 4.38. The minimum absolute atomic E-state index is 0.141. The zero-order valence-corrected chi connectivity index (χ0v) is 20.2. The fraction of sp³-hybridized carbons (Fsp3) is 0.360. The summed E-state index contributed by atoms with van der Waals surface area (Å²) in [6, 6.07) is 9.59. The predicted octanol–water partition coefficient (Wildman–Crippen LogP) is 6.58. The van der Waals surface area contributed by atoms with Crippen molar-refractivity contribution in [3.63, 3.8) is 0 Å². The van der Waals surface area contributed by atoms with Crippen LogP contribution in [0.4, 0.5) is 5.69 Å². The van der Waals surface area contributed by atoms with Crippen molar-refractivity contribution in [2.75, 3.05) is 19.8 Å². The van der Waals surface area contributed by atoms with Gasteiger partial charge in [-0.3, -0.25) is 9.78 Å². The van der Waals surface area contributed by atoms with Gasteiger partial charge in [0, 0.05) is 17.6 Å². The molecule has 0 bridgehead atoms. The number of hydrogen-bond acceptors (Lipinski definition) is 5. The molecule has 7 heteroatoms. The number of anilines is 1. The van der Waals surface area contributed by atoms with Crippen LogP contribution in [0.2, 0.25) is 10.0 Å². The average molecular weight is 474 g/mol. The van der Waals surface area contributed by atoms with Crippen LogP contribution in [0.5, 0.6) is 5.75 Å². The summed E-state index contributed by atoms with van der Waals surface area (Å²) in [5.74, 6) is -0.295. The Hall–Kier alpha value is -2.34. The third-order valence-electron chi connectivity index (χ3n) is 5.94. The van der Waals surface area contributed by atoms with E-state index < -0.39 is 0 Å². The Kier molecular flexibility index (Phi) is 7.99. The maximum absolute atomic E-state index is 11.6. The van der Waals surface area contributed by atoms with E-state index in [1.54, 1.807) is 18.2 Å². The number of aromatic nitrogens is 1. The van der Waals surface area contributed by atoms with Crippen LogP contribution in [0.15, 0.2) is 36.5 Å². The molecule has 0 aliphatic heterocycles. The van der Waals surface area contributed by atoms with Gasteiger partial charge in [0.15, 0.2) is 11.5 Å². The number of nitrogen functional groups attached to an aromatic ring is 1. The number of pyridine rings is 1. The highest BCUT2D eigenvalue weighted by atomic mass is 35.5. The van der Waals surface area contributed by atoms with Gasteiger partial charge in [0.25, 0.3) is 0 Å². The Balaban J connectivity index is 0.000000269. The van der Waals surface area contributed by atoms with E-state index in [4.69, 9.17) is 28.9 Å². The lowest BCUT2D eigenvalue weighted by molar-refractivity contribution is 0.101. The number of nitrogens with zero attached hydrogens (tertiary/aromatic N) is 2. The van der Waals surface area contributed by atoms with E-state index in [0.717, 1.165) is 17.2 Å². The number of benzene rings is 2. The molecule has 4 rings (SSSR count). The zero-order chi connectivity index (χ0) is 23.4. The van der Waals surface area contributed by atoms with Crippen LogP contribution < -0.4 is 5.73 Å². The second kappa shape index (κ2) is 10.5. The number of ketones is 1. The summed E-state index contributed by atoms with van der Waals surface area (Å²) < 4.78 is 0. The molecular formula is C25H29Cl2N3O2. The average Bonchev–Trinajstić information content (AvgIpc) is 2.78. The molecule has 0 radical (unpaired) electrons. The van der Waals surface area contributed by atoms with E-state index in [2.05, 4.69) is 24.0 Å². The molecule has 0 saturated heterocycles. The largest absolute Gasteiger partial charge is 0.505 e. The van der Waals surface area contributed by atoms with Crippen molar-refractivity contribution in [3.05, 3.63) is 52.1 Å². The minimum Gasteiger partial charge on any atom is -0.505 e. The number of halogens is 2. The lowest BCUT2D eigenvalue weighted by Gasteiger charge is -2.27. The third kappa shape index (κ3) is 5.52. The molecule has 32 heavy (non-hydrogen) atoms. The number of hydrogen-bond donors (Lipinski definition) is 2. The van der Waals surface area contributed by atoms with Gasteiger partial charge >= 0.3 is 0 Å². The van der Waals surface area contributed by atoms with Gasteiger partial charge in [0.05, 0.1) is 26.8 Å². The van der Waals surface area contributed by atoms with Crippen LogP contribution in [0.25, 0.3) is 22.0 Å². The van der Waals surface area contributed by atoms with Crippen molar-refractivity contribution >= 4 is 45.6 Å². The molecule has 0 atom stereocenters. The zero-order valence-electron chi connectivity index (χ0n) is 18.7. The summed E-state index contributed by atoms with van der Waals surface area (Å²) in [5.41, 5.74) is 9.09. The molecule has 1 aromatic heterocycles. The van der Waals surface area contributed by atoms with Crippen molar-refractivity contribution in [1.29, 1.82) is 0 Å². The first-order valence-corrected chi connectivity index (χ1v) is 11.5. The Morgan fingerprint density at radius 2 is 1.69 bits per heavy atom. The van der Waals surface area contributed by atoms with Crippen LogP contribution >= 0.6 is 23.2 Å². The Morgan fingerprint density at radius 3 is 2.22 bits per heavy atom. The monoisotopic (exact) mass is 473 g/mol. The standard InChI is InChI=1S/C17H12Cl2N2O2.C8H17N/c1-8(22)12-7-21-15-3-2-9(4-11(15)16(12)20)10-5-13(18)17(23)14(19)6-10;1-9(2)8-6-4-3-5-7-8/h2-7,23H,1H3,(H2,20,21);8H,3-7H2,1-2H3. The van der Waals surface area contributed by atoms with Gasteiger partial charge < -0.3 is 15.7 Å². The lowest BCUT2D eigenvalue weighted by atomic mass is 9.95. The molecule has 3 N–H and O–H groups in total. The lowest BCUT2D eigenvalue weighted by Crippen LogP contribution is -2.29. The van der Waals surface area contributed by atoms with Crippen molar-refractivity contribution in [3.8, 4) is 16.9 Å². The molecule has 1 fully saturated rings. The van der Waals surface area contributed by atoms with Crippen LogP contribution in [0, 0.1) is 0 Å². The van der Waals surface area contributed by atoms with E-state index in [0.29, 0.717) is 22.2 Å². The van der Waals surface area contributed by atoms with Crippen LogP contribution in [0.1, 0.15) is 49.4 Å². The molecule has 0 amide bonds. The van der Waals surface area contributed by atoms with E-state index in [-0.39, 0.29) is 21.6 Å². The van der Waals surface area contributed by atoms with Gasteiger partial charge in [-0.05, 0) is 69.3 Å². The Labute approximate surface area is 199 Å². The van der Waals surface area contributed by atoms with E-state index in [1.165, 1.54) is 45.2 Å². The molecule has 1 aliphatic carbocycles. The van der Waals surface area contributed by atoms with E-state index in [1.807, 2.05) is 12.1 Å². The smallest absolute Gasteiger partial charge is 0.163 e. The summed E-state index contributed by atoms with van der Waals surface area (Å²) >= 11 is 11.9. The number of fused-ring (bicyclic) bond motifs is 1. The molecular weight excluding hydrogens is 445 g/mol. The van der Waals surface area contributed by atoms with Gasteiger partial charge in [0.1, 0.15) is 0 Å². The van der Waals surface area contributed by atoms with Gasteiger partial charge in [-0.1, -0.05) is 48.5 Å². The highest BCUT2D eigenvalue weighted by Gasteiger charge is 2.14. The van der Waals surface area contributed by atoms with Crippen LogP contribution in [-0.4, -0.2) is 40.9 Å². The van der Waals surface area contributed by atoms with Crippen LogP contribution in [-0.2, 0) is 0 Å². The van der Waals surface area contributed by atoms with Gasteiger partial charge in [-0.25, -0.2) is 0 Å². The predicted molar refractivity (Wildman–Crippen MR) is 134 cm³/mol. The molecule has 1 heterocycles. The second-order valence-corrected chi connectivity index (χ2v) is 9.23. The van der Waals surface area contributed by atoms with Crippen molar-refractivity contribution in [2.24, 2.45) is 0 Å². The first-order chi connectivity index (χ1) is 15.2. The number of nitrogens with two attached hydrogens (primary N) is 1. The fourth-order valence-electron chi connectivity index (χ4n) is 4.00. The molecule has 2 aromatic carbocycles. The van der Waals surface area contributed by atoms with Gasteiger partial charge in [-0.15, -0.1) is 0 Å². The number of phenolic OH excluding ortho intramolecular Hbond substituents is 1. The molecule has 0 unspecified atom stereocenters. The molecule has 1 saturated carbocycles. The molecule has 5 nitrogen and oxygen atoms in total. The highest BCUT2D eigenvalue weighted by Crippen LogP contribution is 2.37. The van der Waals surface area contributed by atoms with Crippen molar-refractivity contribution < 1.29 is 9.90 Å². The fourth-order valence-corrected chi connectivity index (χ4v) is 4.49. The molecule has 1 aliphatic rings. The maximum atomic E-state index is 11.6. The Bertz CT molecular complexity index is 1100. The number of rotatable bonds is 3. The second-order valence-electron chi connectivity index (χ2n) is 8.42. The first-order valence-electron chi connectivity index (χ1n) is 10.7. The SMILES string of the molecule is CC(=O)c1cnc2ccc(-c3cc(Cl)c(O)c(Cl)c3)cc2c1N.CN(C)C1CCCCC1. The van der Waals surface area contributed by atoms with E-state index in [9.17, 15) is 9.90 Å². The topological polar surface area (TPSA) is 79.4 Å². The first kappa shape index (κ1) is 24.3. The van der Waals surface area contributed by atoms with Crippen molar-refractivity contribution in [2.45, 2.75) is 45.1 Å². The number of carbonyl (C=O) groups is 1. The molecule has 0 spiro atoms. The van der Waals surface area contributed by atoms with Gasteiger partial charge in [0.2, 0.25) is 0 Å². The summed E-state index contributed by atoms with van der Waals surface area (Å²) in [5, 5.41) is 10.7. The number of Topliss-reactive ketones (excluding diaryl/α,β-unsaturated/α-hetero) is 1. The molecule has 3 aromatic rings. The highest BCUT2D eigenvalue weighted by molar-refractivity contribution is 6.37. The van der Waals surface area contributed by atoms with Crippen molar-refractivity contribution in [1.82, 2.24) is 9.88 Å². The summed E-state index contributed by atoms with van der Waals surface area (Å²) in [6.07, 6.45) is 8.68. The maximum Gasteiger partial charge on any atom is 0.163 e. The molecule has 170 valence electrons. The normalized spacial score (nSPS) is 14.3. The number of phenols is 1. The van der Waals surface area contributed by atoms with Gasteiger partial charge in [-0.2, -0.15) is 0 Å². The summed E-state index contributed by atoms with van der Waals surface area (Å²) in [6.45, 7) is 1.45. The van der Waals surface area contributed by atoms with E-state index >= 15 is 0 Å². The Morgan fingerprint density at radius 1 is 1.06 bits per heavy atom. The minimum atomic E-state index is -0.155. The quantitative estimate of drug-likeness (QED) is 0.419. The van der Waals surface area contributed by atoms with Crippen LogP contribution in [0.3, 0.4) is 0 Å². The summed E-state index contributed by atoms with van der Waals surface area (Å²) in [4.78, 5) is 18.2. The third-order valence-corrected chi connectivity index (χ3v) is 6.52. The number of carbonyl (C=O) groups excluding carboxylic acids is 1.